The second-order valence-corrected chi connectivity index (χ2v) is 5.44. The van der Waals surface area contributed by atoms with E-state index in [-0.39, 0.29) is 12.2 Å². The zero-order valence-electron chi connectivity index (χ0n) is 6.49. The van der Waals surface area contributed by atoms with Crippen LogP contribution in [0.25, 0.3) is 0 Å². The van der Waals surface area contributed by atoms with E-state index in [1.165, 1.54) is 0 Å². The molecule has 1 heterocycles. The van der Waals surface area contributed by atoms with E-state index in [9.17, 15) is 8.42 Å². The molecule has 3 N–H and O–H groups in total. The van der Waals surface area contributed by atoms with Crippen LogP contribution in [-0.4, -0.2) is 40.5 Å². The average Bonchev–Trinajstić information content (AvgIpc) is 2.24. The smallest absolute Gasteiger partial charge is 0.308 e. The number of hydrogen-bond acceptors (Lipinski definition) is 6. The highest BCUT2D eigenvalue weighted by molar-refractivity contribution is 8.20. The summed E-state index contributed by atoms with van der Waals surface area (Å²) < 4.78 is 54.9. The van der Waals surface area contributed by atoms with Gasteiger partial charge in [0.1, 0.15) is 6.10 Å². The van der Waals surface area contributed by atoms with E-state index in [1.807, 2.05) is 0 Å². The molecule has 1 aliphatic heterocycles. The van der Waals surface area contributed by atoms with Crippen molar-refractivity contribution in [3.05, 3.63) is 0 Å². The molecular formula is C4H10O7S2. The molecule has 1 aliphatic rings. The first-order valence-corrected chi connectivity index (χ1v) is 6.35. The van der Waals surface area contributed by atoms with Crippen molar-refractivity contribution in [3.8, 4) is 0 Å². The Labute approximate surface area is 77.2 Å². The molecule has 1 atom stereocenters. The van der Waals surface area contributed by atoms with Gasteiger partial charge >= 0.3 is 10.4 Å². The molecule has 0 aromatic carbocycles. The van der Waals surface area contributed by atoms with Gasteiger partial charge in [-0.2, -0.15) is 8.42 Å². The molecule has 1 unspecified atom stereocenters. The third-order valence-electron chi connectivity index (χ3n) is 1.40. The second kappa shape index (κ2) is 3.69. The minimum absolute atomic E-state index is 0.0620. The van der Waals surface area contributed by atoms with Gasteiger partial charge in [0.05, 0.1) is 17.5 Å². The third-order valence-corrected chi connectivity index (χ3v) is 3.18. The summed E-state index contributed by atoms with van der Waals surface area (Å²) in [5.41, 5.74) is 0. The highest BCUT2D eigenvalue weighted by Crippen LogP contribution is 2.48. The normalized spacial score (nSPS) is 30.2. The molecule has 0 spiro atoms. The van der Waals surface area contributed by atoms with Gasteiger partial charge in [-0.15, -0.1) is 0 Å². The van der Waals surface area contributed by atoms with Gasteiger partial charge in [0.2, 0.25) is 0 Å². The van der Waals surface area contributed by atoms with Crippen molar-refractivity contribution in [2.75, 3.05) is 12.4 Å². The largest absolute Gasteiger partial charge is 0.397 e. The van der Waals surface area contributed by atoms with Gasteiger partial charge < -0.3 is 9.11 Å². The predicted octanol–water partition coefficient (Wildman–Crippen LogP) is 0.260. The van der Waals surface area contributed by atoms with Crippen molar-refractivity contribution < 1.29 is 30.4 Å². The summed E-state index contributed by atoms with van der Waals surface area (Å²) in [6, 6.07) is 0. The molecule has 0 amide bonds. The summed E-state index contributed by atoms with van der Waals surface area (Å²) in [4.78, 5) is 0. The molecular weight excluding hydrogens is 224 g/mol. The second-order valence-electron chi connectivity index (χ2n) is 2.53. The molecule has 0 aromatic heterocycles. The Morgan fingerprint density at radius 1 is 1.54 bits per heavy atom. The van der Waals surface area contributed by atoms with Gasteiger partial charge in [0.15, 0.2) is 0 Å². The van der Waals surface area contributed by atoms with E-state index >= 15 is 0 Å². The summed E-state index contributed by atoms with van der Waals surface area (Å²) in [7, 11) is -7.50. The summed E-state index contributed by atoms with van der Waals surface area (Å²) in [6.07, 6.45) is -0.412. The lowest BCUT2D eigenvalue weighted by atomic mass is 10.3. The first kappa shape index (κ1) is 11.2. The summed E-state index contributed by atoms with van der Waals surface area (Å²) in [5, 5.41) is 0. The van der Waals surface area contributed by atoms with Crippen LogP contribution in [0.3, 0.4) is 0 Å². The highest BCUT2D eigenvalue weighted by Gasteiger charge is 2.33. The molecule has 0 saturated carbocycles. The lowest BCUT2D eigenvalue weighted by Gasteiger charge is -2.19. The molecule has 1 fully saturated rings. The fourth-order valence-corrected chi connectivity index (χ4v) is 2.45. The molecule has 1 rings (SSSR count). The first-order valence-electron chi connectivity index (χ1n) is 3.34. The Hall–Kier alpha value is 0.1000. The van der Waals surface area contributed by atoms with Crippen LogP contribution in [0.5, 0.6) is 0 Å². The van der Waals surface area contributed by atoms with E-state index < -0.39 is 34.0 Å². The summed E-state index contributed by atoms with van der Waals surface area (Å²) >= 11 is 0. The lowest BCUT2D eigenvalue weighted by Crippen LogP contribution is -2.17. The maximum atomic E-state index is 10.1. The van der Waals surface area contributed by atoms with Crippen LogP contribution in [-0.2, 0) is 18.8 Å². The van der Waals surface area contributed by atoms with Crippen LogP contribution in [0.2, 0.25) is 0 Å². The zero-order chi connectivity index (χ0) is 10.1. The van der Waals surface area contributed by atoms with Gasteiger partial charge in [-0.05, 0) is 6.42 Å². The summed E-state index contributed by atoms with van der Waals surface area (Å²) in [5.74, 6) is 0.0620. The minimum Gasteiger partial charge on any atom is -0.308 e. The molecule has 9 heteroatoms. The van der Waals surface area contributed by atoms with Gasteiger partial charge in [0.25, 0.3) is 0 Å². The average molecular weight is 234 g/mol. The molecule has 0 aromatic rings. The van der Waals surface area contributed by atoms with E-state index in [0.29, 0.717) is 0 Å². The van der Waals surface area contributed by atoms with Gasteiger partial charge in [0, 0.05) is 5.75 Å². The molecule has 0 aliphatic carbocycles. The number of rotatable bonds is 3. The Kier molecular flexibility index (Phi) is 3.17. The van der Waals surface area contributed by atoms with Crippen LogP contribution in [0.4, 0.5) is 0 Å². The highest BCUT2D eigenvalue weighted by atomic mass is 32.3. The number of hydrogen-bond donors (Lipinski definition) is 3. The maximum absolute atomic E-state index is 10.1. The van der Waals surface area contributed by atoms with E-state index in [1.54, 1.807) is 0 Å². The molecule has 13 heavy (non-hydrogen) atoms. The first-order chi connectivity index (χ1) is 5.79. The zero-order valence-corrected chi connectivity index (χ0v) is 8.12. The van der Waals surface area contributed by atoms with Crippen molar-refractivity contribution in [2.24, 2.45) is 0 Å². The van der Waals surface area contributed by atoms with Crippen molar-refractivity contribution in [1.82, 2.24) is 0 Å². The predicted molar refractivity (Wildman–Crippen MR) is 44.7 cm³/mol. The van der Waals surface area contributed by atoms with Crippen LogP contribution < -0.4 is 0 Å². The van der Waals surface area contributed by atoms with Crippen molar-refractivity contribution in [3.63, 3.8) is 0 Å². The fourth-order valence-electron chi connectivity index (χ4n) is 0.872. The van der Waals surface area contributed by atoms with E-state index in [0.717, 1.165) is 0 Å². The third kappa shape index (κ3) is 4.22. The molecule has 80 valence electrons. The topological polar surface area (TPSA) is 113 Å². The van der Waals surface area contributed by atoms with Crippen molar-refractivity contribution >= 4 is 21.3 Å². The van der Waals surface area contributed by atoms with Gasteiger partial charge in [-0.3, -0.25) is 8.74 Å². The minimum atomic E-state index is -4.48. The SMILES string of the molecule is O=S(=O)(O)OCC1CCS(O)(O)O1. The molecule has 1 saturated heterocycles. The van der Waals surface area contributed by atoms with Crippen molar-refractivity contribution in [2.45, 2.75) is 12.5 Å². The quantitative estimate of drug-likeness (QED) is 0.600. The lowest BCUT2D eigenvalue weighted by molar-refractivity contribution is 0.131. The molecule has 0 radical (unpaired) electrons. The summed E-state index contributed by atoms with van der Waals surface area (Å²) in [6.45, 7) is -0.408. The van der Waals surface area contributed by atoms with Gasteiger partial charge in [-0.25, -0.2) is 4.18 Å². The molecule has 0 bridgehead atoms. The standard InChI is InChI=1S/C4H10O7S2/c5-12(6)2-1-4(11-12)3-10-13(7,8)9/h4-6H,1-3H2,(H,7,8,9). The Morgan fingerprint density at radius 2 is 2.15 bits per heavy atom. The fraction of sp³-hybridized carbons (Fsp3) is 1.00. The van der Waals surface area contributed by atoms with Crippen LogP contribution >= 0.6 is 10.9 Å². The monoisotopic (exact) mass is 234 g/mol. The Bertz CT molecular complexity index is 270. The Balaban J connectivity index is 2.34. The van der Waals surface area contributed by atoms with Crippen LogP contribution in [0, 0.1) is 0 Å². The van der Waals surface area contributed by atoms with Crippen molar-refractivity contribution in [1.29, 1.82) is 0 Å². The van der Waals surface area contributed by atoms with E-state index in [4.69, 9.17) is 13.7 Å². The van der Waals surface area contributed by atoms with E-state index in [2.05, 4.69) is 8.37 Å². The Morgan fingerprint density at radius 3 is 2.54 bits per heavy atom. The van der Waals surface area contributed by atoms with Crippen LogP contribution in [0.1, 0.15) is 6.42 Å². The molecule has 7 nitrogen and oxygen atoms in total. The van der Waals surface area contributed by atoms with Crippen LogP contribution in [0.15, 0.2) is 0 Å². The van der Waals surface area contributed by atoms with Gasteiger partial charge in [-0.1, -0.05) is 0 Å². The maximum Gasteiger partial charge on any atom is 0.397 e.